The fourth-order valence-electron chi connectivity index (χ4n) is 2.45. The van der Waals surface area contributed by atoms with E-state index < -0.39 is 0 Å². The average molecular weight is 194 g/mol. The van der Waals surface area contributed by atoms with E-state index in [1.165, 1.54) is 18.7 Å². The summed E-state index contributed by atoms with van der Waals surface area (Å²) < 4.78 is 0. The van der Waals surface area contributed by atoms with Crippen molar-refractivity contribution in [2.75, 3.05) is 12.3 Å². The molecule has 13 heavy (non-hydrogen) atoms. The van der Waals surface area contributed by atoms with Gasteiger partial charge in [-0.3, -0.25) is 0 Å². The first-order chi connectivity index (χ1) is 6.09. The van der Waals surface area contributed by atoms with E-state index in [4.69, 9.17) is 0 Å². The van der Waals surface area contributed by atoms with Gasteiger partial charge in [-0.25, -0.2) is 0 Å². The molecule has 2 aliphatic heterocycles. The molecule has 2 atom stereocenters. The van der Waals surface area contributed by atoms with Gasteiger partial charge >= 0.3 is 0 Å². The summed E-state index contributed by atoms with van der Waals surface area (Å²) in [6.07, 6.45) is 4.21. The summed E-state index contributed by atoms with van der Waals surface area (Å²) in [6.45, 7) is 9.34. The Morgan fingerprint density at radius 2 is 1.54 bits per heavy atom. The third kappa shape index (κ3) is 1.50. The predicted octanol–water partition coefficient (Wildman–Crippen LogP) is 3.93. The molecule has 0 fully saturated rings. The van der Waals surface area contributed by atoms with Gasteiger partial charge in [-0.1, -0.05) is 30.2 Å². The summed E-state index contributed by atoms with van der Waals surface area (Å²) >= 11 is 0. The first-order valence-corrected chi connectivity index (χ1v) is 6.93. The van der Waals surface area contributed by atoms with Crippen LogP contribution in [-0.4, -0.2) is 18.0 Å². The highest BCUT2D eigenvalue weighted by Crippen LogP contribution is 2.58. The van der Waals surface area contributed by atoms with Gasteiger partial charge in [0.15, 0.2) is 0 Å². The van der Waals surface area contributed by atoms with E-state index in [0.29, 0.717) is 7.92 Å². The van der Waals surface area contributed by atoms with E-state index in [1.54, 1.807) is 22.3 Å². The third-order valence-corrected chi connectivity index (χ3v) is 6.93. The predicted molar refractivity (Wildman–Crippen MR) is 61.8 cm³/mol. The second-order valence-corrected chi connectivity index (χ2v) is 7.08. The Kier molecular flexibility index (Phi) is 2.36. The zero-order chi connectivity index (χ0) is 9.59. The van der Waals surface area contributed by atoms with Crippen molar-refractivity contribution >= 4 is 7.92 Å². The number of hydrogen-bond acceptors (Lipinski definition) is 0. The zero-order valence-electron chi connectivity index (χ0n) is 9.15. The Labute approximate surface area is 82.9 Å². The van der Waals surface area contributed by atoms with Gasteiger partial charge in [-0.05, 0) is 46.4 Å². The van der Waals surface area contributed by atoms with Crippen LogP contribution in [0.25, 0.3) is 0 Å². The fraction of sp³-hybridized carbons (Fsp3) is 0.667. The molecule has 0 nitrogen and oxygen atoms in total. The maximum absolute atomic E-state index is 2.36. The molecule has 0 radical (unpaired) electrons. The largest absolute Gasteiger partial charge is 0.0907 e. The normalized spacial score (nSPS) is 34.2. The lowest BCUT2D eigenvalue weighted by atomic mass is 10.0. The number of hydrogen-bond donors (Lipinski definition) is 0. The highest BCUT2D eigenvalue weighted by Gasteiger charge is 2.33. The molecular weight excluding hydrogens is 175 g/mol. The molecule has 0 saturated heterocycles. The number of rotatable bonds is 0. The van der Waals surface area contributed by atoms with Gasteiger partial charge in [-0.2, -0.15) is 0 Å². The van der Waals surface area contributed by atoms with Crippen LogP contribution in [-0.2, 0) is 0 Å². The summed E-state index contributed by atoms with van der Waals surface area (Å²) in [6, 6.07) is 0. The van der Waals surface area contributed by atoms with Crippen LogP contribution in [0.4, 0.5) is 0 Å². The molecule has 0 aliphatic carbocycles. The fourth-order valence-corrected chi connectivity index (χ4v) is 6.04. The second-order valence-electron chi connectivity index (χ2n) is 4.65. The van der Waals surface area contributed by atoms with Crippen LogP contribution in [0, 0.1) is 0 Å². The lowest BCUT2D eigenvalue weighted by Crippen LogP contribution is -2.13. The maximum Gasteiger partial charge on any atom is 0.00434 e. The Morgan fingerprint density at radius 3 is 2.23 bits per heavy atom. The van der Waals surface area contributed by atoms with Gasteiger partial charge < -0.3 is 0 Å². The molecule has 72 valence electrons. The van der Waals surface area contributed by atoms with Gasteiger partial charge in [0, 0.05) is 5.66 Å². The molecule has 2 aliphatic rings. The summed E-state index contributed by atoms with van der Waals surface area (Å²) in [4.78, 5) is 0. The zero-order valence-corrected chi connectivity index (χ0v) is 10.0. The van der Waals surface area contributed by atoms with Crippen LogP contribution in [0.3, 0.4) is 0 Å². The quantitative estimate of drug-likeness (QED) is 0.405. The molecule has 0 spiro atoms. The van der Waals surface area contributed by atoms with Crippen molar-refractivity contribution in [2.24, 2.45) is 0 Å². The van der Waals surface area contributed by atoms with Crippen molar-refractivity contribution in [1.29, 1.82) is 0 Å². The lowest BCUT2D eigenvalue weighted by molar-refractivity contribution is 0.899. The molecule has 0 saturated carbocycles. The summed E-state index contributed by atoms with van der Waals surface area (Å²) in [7, 11) is 0.304. The van der Waals surface area contributed by atoms with E-state index in [0.717, 1.165) is 5.66 Å². The minimum Gasteiger partial charge on any atom is -0.0907 e. The van der Waals surface area contributed by atoms with E-state index in [-0.39, 0.29) is 0 Å². The Bertz CT molecular complexity index is 296. The van der Waals surface area contributed by atoms with Crippen LogP contribution in [0.2, 0.25) is 0 Å². The van der Waals surface area contributed by atoms with E-state index in [9.17, 15) is 0 Å². The van der Waals surface area contributed by atoms with Gasteiger partial charge in [-0.15, -0.1) is 0 Å². The Balaban J connectivity index is 2.25. The minimum atomic E-state index is 0.304. The monoisotopic (exact) mass is 194 g/mol. The van der Waals surface area contributed by atoms with Gasteiger partial charge in [0.1, 0.15) is 0 Å². The van der Waals surface area contributed by atoms with E-state index in [2.05, 4.69) is 27.7 Å². The van der Waals surface area contributed by atoms with Crippen molar-refractivity contribution in [1.82, 2.24) is 0 Å². The van der Waals surface area contributed by atoms with Gasteiger partial charge in [0.2, 0.25) is 0 Å². The first-order valence-electron chi connectivity index (χ1n) is 5.15. The van der Waals surface area contributed by atoms with Crippen LogP contribution < -0.4 is 0 Å². The number of allylic oxidation sites excluding steroid dienone is 4. The smallest absolute Gasteiger partial charge is 0.00434 e. The summed E-state index contributed by atoms with van der Waals surface area (Å²) in [5.74, 6) is 0. The molecule has 2 rings (SSSR count). The highest BCUT2D eigenvalue weighted by atomic mass is 31.1. The van der Waals surface area contributed by atoms with Gasteiger partial charge in [0.25, 0.3) is 0 Å². The molecule has 0 aromatic carbocycles. The molecule has 0 amide bonds. The van der Waals surface area contributed by atoms with Crippen LogP contribution in [0.5, 0.6) is 0 Å². The van der Waals surface area contributed by atoms with E-state index >= 15 is 0 Å². The molecule has 2 heterocycles. The maximum atomic E-state index is 2.36. The van der Waals surface area contributed by atoms with Crippen LogP contribution >= 0.6 is 7.92 Å². The van der Waals surface area contributed by atoms with Crippen molar-refractivity contribution in [3.05, 3.63) is 22.3 Å². The van der Waals surface area contributed by atoms with Crippen LogP contribution in [0.15, 0.2) is 22.3 Å². The lowest BCUT2D eigenvalue weighted by Gasteiger charge is -2.29. The average Bonchev–Trinajstić information content (AvgIpc) is 2.32. The highest BCUT2D eigenvalue weighted by molar-refractivity contribution is 7.59. The Hall–Kier alpha value is -0.0900. The Morgan fingerprint density at radius 1 is 0.923 bits per heavy atom. The van der Waals surface area contributed by atoms with E-state index in [1.807, 2.05) is 0 Å². The van der Waals surface area contributed by atoms with Crippen molar-refractivity contribution in [2.45, 2.75) is 39.8 Å². The molecule has 0 N–H and O–H groups in total. The molecule has 0 bridgehead atoms. The summed E-state index contributed by atoms with van der Waals surface area (Å²) in [5, 5.41) is 0. The van der Waals surface area contributed by atoms with Crippen LogP contribution in [0.1, 0.15) is 34.1 Å². The topological polar surface area (TPSA) is 0 Å². The molecule has 2 unspecified atom stereocenters. The van der Waals surface area contributed by atoms with Gasteiger partial charge in [0.05, 0.1) is 0 Å². The molecule has 0 aromatic rings. The first kappa shape index (κ1) is 9.46. The molecule has 1 heteroatoms. The third-order valence-electron chi connectivity index (χ3n) is 3.72. The molecule has 0 aromatic heterocycles. The number of fused-ring (bicyclic) bond motifs is 1. The second kappa shape index (κ2) is 3.24. The van der Waals surface area contributed by atoms with Crippen molar-refractivity contribution in [3.63, 3.8) is 0 Å². The molecular formula is C12H19P. The SMILES string of the molecule is CC1=C(C)CP2CC(C)=C(C)C2C1. The standard InChI is InChI=1S/C12H19P/c1-8-5-12-11(4)10(3)7-13(12)6-9(8)2/h12H,5-7H2,1-4H3. The minimum absolute atomic E-state index is 0.304. The summed E-state index contributed by atoms with van der Waals surface area (Å²) in [5.41, 5.74) is 7.72. The van der Waals surface area contributed by atoms with Crippen molar-refractivity contribution < 1.29 is 0 Å². The van der Waals surface area contributed by atoms with Crippen molar-refractivity contribution in [3.8, 4) is 0 Å².